The van der Waals surface area contributed by atoms with Gasteiger partial charge in [-0.1, -0.05) is 42.5 Å². The number of benzene rings is 2. The van der Waals surface area contributed by atoms with Gasteiger partial charge in [0, 0.05) is 19.3 Å². The number of rotatable bonds is 4. The van der Waals surface area contributed by atoms with E-state index in [9.17, 15) is 10.0 Å². The molecule has 0 aliphatic carbocycles. The summed E-state index contributed by atoms with van der Waals surface area (Å²) in [6, 6.07) is 17.4. The van der Waals surface area contributed by atoms with Gasteiger partial charge in [0.2, 0.25) is 0 Å². The summed E-state index contributed by atoms with van der Waals surface area (Å²) in [5.41, 5.74) is 2.57. The molecule has 0 amide bonds. The van der Waals surface area contributed by atoms with Crippen molar-refractivity contribution in [1.29, 1.82) is 0 Å². The van der Waals surface area contributed by atoms with Crippen LogP contribution in [0.3, 0.4) is 0 Å². The van der Waals surface area contributed by atoms with Crippen molar-refractivity contribution in [3.8, 4) is 0 Å². The van der Waals surface area contributed by atoms with Crippen molar-refractivity contribution < 1.29 is 10.0 Å². The Balaban J connectivity index is 2.19. The minimum absolute atomic E-state index is 0.556. The predicted molar refractivity (Wildman–Crippen MR) is 74.8 cm³/mol. The van der Waals surface area contributed by atoms with Gasteiger partial charge in [0.05, 0.1) is 0 Å². The molecule has 0 aromatic heterocycles. The van der Waals surface area contributed by atoms with Crippen LogP contribution in [0.4, 0.5) is 5.69 Å². The van der Waals surface area contributed by atoms with Gasteiger partial charge in [-0.15, -0.1) is 0 Å². The zero-order valence-corrected chi connectivity index (χ0v) is 10.3. The van der Waals surface area contributed by atoms with Gasteiger partial charge in [0.15, 0.2) is 0 Å². The number of anilines is 1. The van der Waals surface area contributed by atoms with E-state index in [1.165, 1.54) is 0 Å². The van der Waals surface area contributed by atoms with E-state index in [-0.39, 0.29) is 0 Å². The highest BCUT2D eigenvalue weighted by Gasteiger charge is 2.15. The van der Waals surface area contributed by atoms with Gasteiger partial charge in [-0.3, -0.25) is 0 Å². The van der Waals surface area contributed by atoms with E-state index in [4.69, 9.17) is 0 Å². The maximum atomic E-state index is 9.33. The molecule has 2 aromatic carbocycles. The van der Waals surface area contributed by atoms with E-state index in [1.807, 2.05) is 49.5 Å². The number of para-hydroxylation sites is 1. The zero-order chi connectivity index (χ0) is 13.0. The van der Waals surface area contributed by atoms with E-state index in [0.717, 1.165) is 11.3 Å². The molecule has 0 fully saturated rings. The van der Waals surface area contributed by atoms with Crippen LogP contribution in [0.1, 0.15) is 5.56 Å². The van der Waals surface area contributed by atoms with E-state index in [1.54, 1.807) is 12.1 Å². The lowest BCUT2D eigenvalue weighted by molar-refractivity contribution is 0.425. The summed E-state index contributed by atoms with van der Waals surface area (Å²) < 4.78 is 0. The summed E-state index contributed by atoms with van der Waals surface area (Å²) in [7, 11) is 0.556. The highest BCUT2D eigenvalue weighted by Crippen LogP contribution is 2.13. The average Bonchev–Trinajstić information content (AvgIpc) is 2.40. The number of hydrogen-bond donors (Lipinski definition) is 2. The van der Waals surface area contributed by atoms with Crippen molar-refractivity contribution in [2.45, 2.75) is 6.54 Å². The largest absolute Gasteiger partial charge is 0.488 e. The van der Waals surface area contributed by atoms with Crippen molar-refractivity contribution in [2.75, 3.05) is 11.9 Å². The molecule has 18 heavy (non-hydrogen) atoms. The quantitative estimate of drug-likeness (QED) is 0.785. The molecule has 0 saturated carbocycles. The lowest BCUT2D eigenvalue weighted by Gasteiger charge is -2.21. The minimum Gasteiger partial charge on any atom is -0.423 e. The Morgan fingerprint density at radius 2 is 1.56 bits per heavy atom. The normalized spacial score (nSPS) is 10.2. The summed E-state index contributed by atoms with van der Waals surface area (Å²) >= 11 is 0. The molecule has 3 nitrogen and oxygen atoms in total. The molecule has 0 saturated heterocycles. The standard InChI is InChI=1S/C14H16BNO2/c1-16(13-8-3-2-4-9-13)11-12-7-5-6-10-14(12)15(17)18/h2-10,17-18H,11H2,1H3. The zero-order valence-electron chi connectivity index (χ0n) is 10.3. The lowest BCUT2D eigenvalue weighted by Crippen LogP contribution is -2.35. The molecule has 92 valence electrons. The fourth-order valence-electron chi connectivity index (χ4n) is 1.96. The highest BCUT2D eigenvalue weighted by molar-refractivity contribution is 6.59. The Hall–Kier alpha value is -1.78. The van der Waals surface area contributed by atoms with Gasteiger partial charge in [0.25, 0.3) is 0 Å². The van der Waals surface area contributed by atoms with E-state index in [2.05, 4.69) is 4.90 Å². The number of nitrogens with zero attached hydrogens (tertiary/aromatic N) is 1. The molecular formula is C14H16BNO2. The smallest absolute Gasteiger partial charge is 0.423 e. The van der Waals surface area contributed by atoms with Gasteiger partial charge in [-0.2, -0.15) is 0 Å². The molecule has 0 radical (unpaired) electrons. The Labute approximate surface area is 107 Å². The van der Waals surface area contributed by atoms with Crippen molar-refractivity contribution in [3.63, 3.8) is 0 Å². The van der Waals surface area contributed by atoms with Crippen molar-refractivity contribution >= 4 is 18.3 Å². The van der Waals surface area contributed by atoms with Crippen LogP contribution in [0.5, 0.6) is 0 Å². The molecule has 0 bridgehead atoms. The molecule has 2 rings (SSSR count). The molecule has 0 atom stereocenters. The van der Waals surface area contributed by atoms with Gasteiger partial charge in [0.1, 0.15) is 0 Å². The second-order valence-electron chi connectivity index (χ2n) is 4.26. The van der Waals surface area contributed by atoms with E-state index < -0.39 is 7.12 Å². The predicted octanol–water partition coefficient (Wildman–Crippen LogP) is 1.00. The molecule has 2 N–H and O–H groups in total. The third kappa shape index (κ3) is 2.91. The average molecular weight is 241 g/mol. The Morgan fingerprint density at radius 1 is 0.944 bits per heavy atom. The molecule has 0 heterocycles. The van der Waals surface area contributed by atoms with Crippen LogP contribution in [-0.4, -0.2) is 24.2 Å². The molecule has 4 heteroatoms. The van der Waals surface area contributed by atoms with Crippen LogP contribution in [-0.2, 0) is 6.54 Å². The van der Waals surface area contributed by atoms with Gasteiger partial charge in [-0.25, -0.2) is 0 Å². The third-order valence-corrected chi connectivity index (χ3v) is 2.94. The van der Waals surface area contributed by atoms with Crippen LogP contribution in [0, 0.1) is 0 Å². The SMILES string of the molecule is CN(Cc1ccccc1B(O)O)c1ccccc1. The van der Waals surface area contributed by atoms with Crippen molar-refractivity contribution in [2.24, 2.45) is 0 Å². The molecule has 2 aromatic rings. The molecular weight excluding hydrogens is 225 g/mol. The first-order valence-corrected chi connectivity index (χ1v) is 5.88. The van der Waals surface area contributed by atoms with Crippen molar-refractivity contribution in [1.82, 2.24) is 0 Å². The van der Waals surface area contributed by atoms with Gasteiger partial charge >= 0.3 is 7.12 Å². The summed E-state index contributed by atoms with van der Waals surface area (Å²) in [4.78, 5) is 2.07. The van der Waals surface area contributed by atoms with Crippen LogP contribution in [0.25, 0.3) is 0 Å². The van der Waals surface area contributed by atoms with E-state index >= 15 is 0 Å². The maximum Gasteiger partial charge on any atom is 0.488 e. The van der Waals surface area contributed by atoms with Crippen LogP contribution in [0.2, 0.25) is 0 Å². The number of hydrogen-bond acceptors (Lipinski definition) is 3. The van der Waals surface area contributed by atoms with Gasteiger partial charge in [-0.05, 0) is 23.2 Å². The van der Waals surface area contributed by atoms with Gasteiger partial charge < -0.3 is 14.9 Å². The van der Waals surface area contributed by atoms with Crippen LogP contribution < -0.4 is 10.4 Å². The second-order valence-corrected chi connectivity index (χ2v) is 4.26. The van der Waals surface area contributed by atoms with Crippen LogP contribution >= 0.6 is 0 Å². The highest BCUT2D eigenvalue weighted by atomic mass is 16.4. The maximum absolute atomic E-state index is 9.33. The molecule has 0 aliphatic heterocycles. The second kappa shape index (κ2) is 5.71. The fourth-order valence-corrected chi connectivity index (χ4v) is 1.96. The Bertz CT molecular complexity index is 502. The minimum atomic E-state index is -1.43. The molecule has 0 unspecified atom stereocenters. The first-order chi connectivity index (χ1) is 8.68. The Kier molecular flexibility index (Phi) is 4.02. The van der Waals surface area contributed by atoms with Crippen LogP contribution in [0.15, 0.2) is 54.6 Å². The summed E-state index contributed by atoms with van der Waals surface area (Å²) in [5.74, 6) is 0. The fraction of sp³-hybridized carbons (Fsp3) is 0.143. The molecule has 0 spiro atoms. The summed E-state index contributed by atoms with van der Waals surface area (Å²) in [6.45, 7) is 0.637. The summed E-state index contributed by atoms with van der Waals surface area (Å²) in [6.07, 6.45) is 0. The molecule has 0 aliphatic rings. The third-order valence-electron chi connectivity index (χ3n) is 2.94. The first kappa shape index (κ1) is 12.7. The lowest BCUT2D eigenvalue weighted by atomic mass is 9.77. The summed E-state index contributed by atoms with van der Waals surface area (Å²) in [5, 5.41) is 18.7. The Morgan fingerprint density at radius 3 is 2.22 bits per heavy atom. The van der Waals surface area contributed by atoms with Crippen molar-refractivity contribution in [3.05, 3.63) is 60.2 Å². The topological polar surface area (TPSA) is 43.7 Å². The van der Waals surface area contributed by atoms with E-state index in [0.29, 0.717) is 12.0 Å². The monoisotopic (exact) mass is 241 g/mol. The first-order valence-electron chi connectivity index (χ1n) is 5.88.